The molecule has 1 unspecified atom stereocenters. The van der Waals surface area contributed by atoms with Gasteiger partial charge in [0.05, 0.1) is 6.61 Å². The molecule has 0 aliphatic carbocycles. The van der Waals surface area contributed by atoms with Crippen molar-refractivity contribution in [2.75, 3.05) is 32.7 Å². The van der Waals surface area contributed by atoms with Gasteiger partial charge >= 0.3 is 0 Å². The number of hydrogen-bond donors (Lipinski definition) is 1. The zero-order chi connectivity index (χ0) is 12.8. The topological polar surface area (TPSA) is 24.5 Å². The molecule has 1 aromatic carbocycles. The van der Waals surface area contributed by atoms with E-state index in [9.17, 15) is 0 Å². The minimum absolute atomic E-state index is 0.325. The molecule has 1 atom stereocenters. The normalized spacial score (nSPS) is 12.5. The number of ether oxygens (including phenoxy) is 1. The SMILES string of the molecule is CNCc1ccc(N(C)C(C)COC)cc1Cl. The van der Waals surface area contributed by atoms with Crippen molar-refractivity contribution in [3.05, 3.63) is 28.8 Å². The highest BCUT2D eigenvalue weighted by atomic mass is 35.5. The van der Waals surface area contributed by atoms with E-state index >= 15 is 0 Å². The van der Waals surface area contributed by atoms with Crippen LogP contribution in [0.25, 0.3) is 0 Å². The molecule has 17 heavy (non-hydrogen) atoms. The Kier molecular flexibility index (Phi) is 5.75. The molecule has 0 radical (unpaired) electrons. The maximum atomic E-state index is 6.24. The molecule has 0 heterocycles. The Labute approximate surface area is 109 Å². The first-order valence-electron chi connectivity index (χ1n) is 5.75. The lowest BCUT2D eigenvalue weighted by Crippen LogP contribution is -2.32. The lowest BCUT2D eigenvalue weighted by atomic mass is 10.1. The van der Waals surface area contributed by atoms with Gasteiger partial charge in [-0.05, 0) is 31.7 Å². The van der Waals surface area contributed by atoms with Crippen molar-refractivity contribution in [3.8, 4) is 0 Å². The van der Waals surface area contributed by atoms with Crippen LogP contribution in [0.1, 0.15) is 12.5 Å². The van der Waals surface area contributed by atoms with E-state index in [1.807, 2.05) is 20.2 Å². The summed E-state index contributed by atoms with van der Waals surface area (Å²) in [6.45, 7) is 3.61. The Morgan fingerprint density at radius 2 is 2.18 bits per heavy atom. The predicted molar refractivity (Wildman–Crippen MR) is 74.0 cm³/mol. The Balaban J connectivity index is 2.81. The van der Waals surface area contributed by atoms with Crippen LogP contribution >= 0.6 is 11.6 Å². The molecule has 4 heteroatoms. The summed E-state index contributed by atoms with van der Waals surface area (Å²) in [6.07, 6.45) is 0. The van der Waals surface area contributed by atoms with E-state index in [2.05, 4.69) is 29.3 Å². The lowest BCUT2D eigenvalue weighted by Gasteiger charge is -2.27. The molecule has 0 fully saturated rings. The summed E-state index contributed by atoms with van der Waals surface area (Å²) in [6, 6.07) is 6.47. The van der Waals surface area contributed by atoms with E-state index in [4.69, 9.17) is 16.3 Å². The molecule has 3 nitrogen and oxygen atoms in total. The van der Waals surface area contributed by atoms with Gasteiger partial charge < -0.3 is 15.0 Å². The summed E-state index contributed by atoms with van der Waals surface area (Å²) >= 11 is 6.24. The van der Waals surface area contributed by atoms with Crippen molar-refractivity contribution >= 4 is 17.3 Å². The largest absolute Gasteiger partial charge is 0.383 e. The van der Waals surface area contributed by atoms with E-state index < -0.39 is 0 Å². The van der Waals surface area contributed by atoms with Crippen LogP contribution in [0, 0.1) is 0 Å². The summed E-state index contributed by atoms with van der Waals surface area (Å²) in [5, 5.41) is 3.90. The fourth-order valence-corrected chi connectivity index (χ4v) is 1.94. The van der Waals surface area contributed by atoms with Crippen LogP contribution in [0.3, 0.4) is 0 Å². The molecule has 0 aliphatic heterocycles. The second-order valence-electron chi connectivity index (χ2n) is 4.22. The van der Waals surface area contributed by atoms with Crippen LogP contribution in [-0.4, -0.2) is 33.9 Å². The zero-order valence-corrected chi connectivity index (χ0v) is 11.7. The highest BCUT2D eigenvalue weighted by Crippen LogP contribution is 2.24. The van der Waals surface area contributed by atoms with E-state index in [0.29, 0.717) is 12.6 Å². The average Bonchev–Trinajstić information content (AvgIpc) is 2.31. The molecule has 96 valence electrons. The molecule has 0 spiro atoms. The van der Waals surface area contributed by atoms with Crippen LogP contribution in [0.4, 0.5) is 5.69 Å². The summed E-state index contributed by atoms with van der Waals surface area (Å²) in [7, 11) is 5.68. The van der Waals surface area contributed by atoms with Crippen LogP contribution in [0.15, 0.2) is 18.2 Å². The third kappa shape index (κ3) is 3.87. The summed E-state index contributed by atoms with van der Waals surface area (Å²) in [4.78, 5) is 2.17. The van der Waals surface area contributed by atoms with Gasteiger partial charge in [-0.15, -0.1) is 0 Å². The molecule has 0 saturated carbocycles. The molecule has 1 aromatic rings. The fourth-order valence-electron chi connectivity index (χ4n) is 1.70. The molecule has 0 aromatic heterocycles. The van der Waals surface area contributed by atoms with Crippen molar-refractivity contribution in [1.82, 2.24) is 5.32 Å². The number of rotatable bonds is 6. The number of likely N-dealkylation sites (N-methyl/N-ethyl adjacent to an activating group) is 1. The molecular weight excluding hydrogens is 236 g/mol. The van der Waals surface area contributed by atoms with Crippen molar-refractivity contribution in [2.24, 2.45) is 0 Å². The van der Waals surface area contributed by atoms with Gasteiger partial charge in [0.1, 0.15) is 0 Å². The number of hydrogen-bond acceptors (Lipinski definition) is 3. The Bertz CT molecular complexity index is 357. The van der Waals surface area contributed by atoms with E-state index in [1.54, 1.807) is 7.11 Å². The van der Waals surface area contributed by atoms with Crippen molar-refractivity contribution in [2.45, 2.75) is 19.5 Å². The number of benzene rings is 1. The Morgan fingerprint density at radius 3 is 2.71 bits per heavy atom. The maximum Gasteiger partial charge on any atom is 0.0663 e. The van der Waals surface area contributed by atoms with Crippen LogP contribution in [0.2, 0.25) is 5.02 Å². The molecule has 0 bridgehead atoms. The first-order valence-corrected chi connectivity index (χ1v) is 6.12. The van der Waals surface area contributed by atoms with E-state index in [1.165, 1.54) is 0 Å². The smallest absolute Gasteiger partial charge is 0.0663 e. The highest BCUT2D eigenvalue weighted by Gasteiger charge is 2.11. The first kappa shape index (κ1) is 14.3. The van der Waals surface area contributed by atoms with Gasteiger partial charge in [-0.3, -0.25) is 0 Å². The van der Waals surface area contributed by atoms with Gasteiger partial charge in [0, 0.05) is 37.5 Å². The van der Waals surface area contributed by atoms with Gasteiger partial charge in [-0.1, -0.05) is 17.7 Å². The molecule has 1 rings (SSSR count). The quantitative estimate of drug-likeness (QED) is 0.847. The average molecular weight is 257 g/mol. The number of anilines is 1. The minimum Gasteiger partial charge on any atom is -0.383 e. The van der Waals surface area contributed by atoms with Gasteiger partial charge in [-0.25, -0.2) is 0 Å². The van der Waals surface area contributed by atoms with Gasteiger partial charge in [0.2, 0.25) is 0 Å². The zero-order valence-electron chi connectivity index (χ0n) is 11.0. The Morgan fingerprint density at radius 1 is 1.47 bits per heavy atom. The van der Waals surface area contributed by atoms with E-state index in [0.717, 1.165) is 22.8 Å². The van der Waals surface area contributed by atoms with E-state index in [-0.39, 0.29) is 0 Å². The first-order chi connectivity index (χ1) is 8.10. The predicted octanol–water partition coefficient (Wildman–Crippen LogP) is 2.53. The van der Waals surface area contributed by atoms with Crippen LogP contribution < -0.4 is 10.2 Å². The van der Waals surface area contributed by atoms with Gasteiger partial charge in [0.15, 0.2) is 0 Å². The monoisotopic (exact) mass is 256 g/mol. The second-order valence-corrected chi connectivity index (χ2v) is 4.63. The maximum absolute atomic E-state index is 6.24. The van der Waals surface area contributed by atoms with Crippen molar-refractivity contribution < 1.29 is 4.74 Å². The number of halogens is 1. The van der Waals surface area contributed by atoms with Gasteiger partial charge in [-0.2, -0.15) is 0 Å². The highest BCUT2D eigenvalue weighted by molar-refractivity contribution is 6.31. The number of nitrogens with one attached hydrogen (secondary N) is 1. The van der Waals surface area contributed by atoms with Crippen LogP contribution in [-0.2, 0) is 11.3 Å². The van der Waals surface area contributed by atoms with Gasteiger partial charge in [0.25, 0.3) is 0 Å². The summed E-state index contributed by atoms with van der Waals surface area (Å²) in [5.74, 6) is 0. The molecular formula is C13H21ClN2O. The standard InChI is InChI=1S/C13H21ClN2O/c1-10(9-17-4)16(3)12-6-5-11(8-15-2)13(14)7-12/h5-7,10,15H,8-9H2,1-4H3. The van der Waals surface area contributed by atoms with Crippen molar-refractivity contribution in [1.29, 1.82) is 0 Å². The fraction of sp³-hybridized carbons (Fsp3) is 0.538. The summed E-state index contributed by atoms with van der Waals surface area (Å²) < 4.78 is 5.15. The Hall–Kier alpha value is -0.770. The lowest BCUT2D eigenvalue weighted by molar-refractivity contribution is 0.183. The number of methoxy groups -OCH3 is 1. The minimum atomic E-state index is 0.325. The second kappa shape index (κ2) is 6.84. The molecule has 0 amide bonds. The van der Waals surface area contributed by atoms with Crippen molar-refractivity contribution in [3.63, 3.8) is 0 Å². The third-order valence-corrected chi connectivity index (χ3v) is 3.23. The molecule has 0 aliphatic rings. The molecule has 1 N–H and O–H groups in total. The molecule has 0 saturated heterocycles. The summed E-state index contributed by atoms with van der Waals surface area (Å²) in [5.41, 5.74) is 2.23. The number of nitrogens with zero attached hydrogens (tertiary/aromatic N) is 1. The third-order valence-electron chi connectivity index (χ3n) is 2.88. The van der Waals surface area contributed by atoms with Crippen LogP contribution in [0.5, 0.6) is 0 Å².